The van der Waals surface area contributed by atoms with Crippen LogP contribution in [0, 0.1) is 22.7 Å². The van der Waals surface area contributed by atoms with E-state index in [4.69, 9.17) is 9.47 Å². The number of amides is 3. The zero-order valence-corrected chi connectivity index (χ0v) is 30.3. The second-order valence-corrected chi connectivity index (χ2v) is 15.1. The molecule has 4 aromatic rings. The summed E-state index contributed by atoms with van der Waals surface area (Å²) in [5.74, 6) is 0.458. The minimum absolute atomic E-state index is 0.0106. The number of methoxy groups -OCH3 is 2. The molecule has 1 aliphatic carbocycles. The maximum atomic E-state index is 13.7. The van der Waals surface area contributed by atoms with Crippen LogP contribution in [0.2, 0.25) is 0 Å². The molecular formula is C39H40N4O5S2. The van der Waals surface area contributed by atoms with Crippen molar-refractivity contribution in [3.8, 4) is 17.6 Å². The van der Waals surface area contributed by atoms with Gasteiger partial charge in [-0.15, -0.1) is 23.1 Å². The van der Waals surface area contributed by atoms with E-state index >= 15 is 0 Å². The van der Waals surface area contributed by atoms with Crippen LogP contribution in [-0.4, -0.2) is 37.7 Å². The molecule has 1 heterocycles. The molecule has 1 atom stereocenters. The molecule has 9 nitrogen and oxygen atoms in total. The third-order valence-corrected chi connectivity index (χ3v) is 10.7. The minimum atomic E-state index is -0.557. The highest BCUT2D eigenvalue weighted by Gasteiger charge is 2.32. The first-order chi connectivity index (χ1) is 24.0. The van der Waals surface area contributed by atoms with Gasteiger partial charge in [0.15, 0.2) is 0 Å². The van der Waals surface area contributed by atoms with Gasteiger partial charge in [0.1, 0.15) is 28.3 Å². The van der Waals surface area contributed by atoms with Crippen LogP contribution >= 0.6 is 23.1 Å². The lowest BCUT2D eigenvalue weighted by atomic mass is 9.72. The van der Waals surface area contributed by atoms with Gasteiger partial charge in [0, 0.05) is 26.6 Å². The molecule has 0 saturated carbocycles. The number of fused-ring (bicyclic) bond motifs is 1. The Morgan fingerprint density at radius 3 is 2.48 bits per heavy atom. The number of hydrogen-bond donors (Lipinski definition) is 3. The van der Waals surface area contributed by atoms with E-state index in [1.54, 1.807) is 66.7 Å². The third kappa shape index (κ3) is 8.94. The third-order valence-electron chi connectivity index (χ3n) is 8.58. The Hall–Kier alpha value is -5.05. The fraction of sp³-hybridized carbons (Fsp3) is 0.282. The van der Waals surface area contributed by atoms with Crippen molar-refractivity contribution in [3.05, 3.63) is 106 Å². The van der Waals surface area contributed by atoms with Gasteiger partial charge in [0.25, 0.3) is 11.8 Å². The Bertz CT molecular complexity index is 1960. The van der Waals surface area contributed by atoms with Crippen LogP contribution in [0.5, 0.6) is 11.5 Å². The second kappa shape index (κ2) is 16.1. The van der Waals surface area contributed by atoms with Crippen LogP contribution in [-0.2, 0) is 22.4 Å². The molecule has 0 spiro atoms. The number of carbonyl (C=O) groups excluding carboxylic acids is 3. The van der Waals surface area contributed by atoms with Crippen molar-refractivity contribution in [1.29, 1.82) is 5.26 Å². The van der Waals surface area contributed by atoms with Crippen LogP contribution in [0.4, 0.5) is 10.7 Å². The molecule has 258 valence electrons. The van der Waals surface area contributed by atoms with Crippen molar-refractivity contribution in [2.75, 3.05) is 30.6 Å². The zero-order valence-electron chi connectivity index (χ0n) is 28.7. The number of anilines is 2. The average molecular weight is 709 g/mol. The molecular weight excluding hydrogens is 669 g/mol. The number of hydrogen-bond acceptors (Lipinski definition) is 8. The van der Waals surface area contributed by atoms with Crippen molar-refractivity contribution in [2.24, 2.45) is 11.3 Å². The van der Waals surface area contributed by atoms with Crippen LogP contribution < -0.4 is 25.4 Å². The van der Waals surface area contributed by atoms with Crippen molar-refractivity contribution < 1.29 is 23.9 Å². The van der Waals surface area contributed by atoms with E-state index in [2.05, 4.69) is 42.8 Å². The number of carbonyl (C=O) groups is 3. The van der Waals surface area contributed by atoms with Gasteiger partial charge in [-0.25, -0.2) is 0 Å². The van der Waals surface area contributed by atoms with Gasteiger partial charge in [0.05, 0.1) is 25.5 Å². The van der Waals surface area contributed by atoms with E-state index in [0.717, 1.165) is 29.7 Å². The Kier molecular flexibility index (Phi) is 11.7. The summed E-state index contributed by atoms with van der Waals surface area (Å²) in [5.41, 5.74) is 3.21. The predicted molar refractivity (Wildman–Crippen MR) is 200 cm³/mol. The average Bonchev–Trinajstić information content (AvgIpc) is 3.46. The normalized spacial score (nSPS) is 14.2. The molecule has 50 heavy (non-hydrogen) atoms. The lowest BCUT2D eigenvalue weighted by molar-refractivity contribution is -0.114. The van der Waals surface area contributed by atoms with E-state index in [0.29, 0.717) is 44.8 Å². The number of thiophene rings is 1. The first-order valence-electron chi connectivity index (χ1n) is 16.2. The fourth-order valence-corrected chi connectivity index (χ4v) is 7.80. The molecule has 5 rings (SSSR count). The molecule has 1 unspecified atom stereocenters. The smallest absolute Gasteiger partial charge is 0.272 e. The number of nitrogens with zero attached hydrogens (tertiary/aromatic N) is 1. The van der Waals surface area contributed by atoms with Crippen LogP contribution in [0.1, 0.15) is 59.1 Å². The number of nitriles is 1. The van der Waals surface area contributed by atoms with Gasteiger partial charge in [-0.3, -0.25) is 14.4 Å². The van der Waals surface area contributed by atoms with Crippen LogP contribution in [0.25, 0.3) is 6.08 Å². The zero-order chi connectivity index (χ0) is 35.8. The predicted octanol–water partition coefficient (Wildman–Crippen LogP) is 7.93. The molecule has 0 aliphatic heterocycles. The van der Waals surface area contributed by atoms with Crippen molar-refractivity contribution in [2.45, 2.75) is 44.9 Å². The van der Waals surface area contributed by atoms with Gasteiger partial charge < -0.3 is 25.4 Å². The minimum Gasteiger partial charge on any atom is -0.497 e. The Morgan fingerprint density at radius 1 is 1.00 bits per heavy atom. The second-order valence-electron chi connectivity index (χ2n) is 12.9. The van der Waals surface area contributed by atoms with Crippen LogP contribution in [0.3, 0.4) is 0 Å². The molecule has 0 radical (unpaired) electrons. The number of rotatable bonds is 11. The Balaban J connectivity index is 1.28. The molecule has 3 N–H and O–H groups in total. The molecule has 0 saturated heterocycles. The summed E-state index contributed by atoms with van der Waals surface area (Å²) in [5, 5.41) is 19.1. The van der Waals surface area contributed by atoms with Crippen molar-refractivity contribution >= 4 is 57.6 Å². The number of nitrogens with one attached hydrogen (secondary N) is 3. The summed E-state index contributed by atoms with van der Waals surface area (Å²) in [6, 6.07) is 23.2. The summed E-state index contributed by atoms with van der Waals surface area (Å²) in [6.45, 7) is 6.75. The van der Waals surface area contributed by atoms with E-state index in [9.17, 15) is 19.6 Å². The molecule has 1 aliphatic rings. The van der Waals surface area contributed by atoms with Gasteiger partial charge in [-0.2, -0.15) is 5.26 Å². The summed E-state index contributed by atoms with van der Waals surface area (Å²) in [6.07, 6.45) is 4.33. The van der Waals surface area contributed by atoms with Crippen molar-refractivity contribution in [3.63, 3.8) is 0 Å². The highest BCUT2D eigenvalue weighted by molar-refractivity contribution is 8.00. The summed E-state index contributed by atoms with van der Waals surface area (Å²) in [7, 11) is 3.05. The summed E-state index contributed by atoms with van der Waals surface area (Å²) >= 11 is 2.83. The Morgan fingerprint density at radius 2 is 1.78 bits per heavy atom. The maximum Gasteiger partial charge on any atom is 0.272 e. The summed E-state index contributed by atoms with van der Waals surface area (Å²) in [4.78, 5) is 41.8. The fourth-order valence-electron chi connectivity index (χ4n) is 5.76. The SMILES string of the molecule is COc1ccc(OC)c(/C=C(/NC(=O)c2ccccc2)C(=O)Nc2cccc(SCC(=O)Nc3sc4c(c3C#N)CCC(C(C)(C)C)C4)c2)c1. The van der Waals surface area contributed by atoms with E-state index in [1.165, 1.54) is 48.3 Å². The first kappa shape index (κ1) is 36.2. The highest BCUT2D eigenvalue weighted by atomic mass is 32.2. The van der Waals surface area contributed by atoms with Crippen LogP contribution in [0.15, 0.2) is 83.4 Å². The molecule has 1 aromatic heterocycles. The number of thioether (sulfide) groups is 1. The van der Waals surface area contributed by atoms with E-state index in [1.807, 2.05) is 6.07 Å². The standard InChI is InChI=1S/C39H40N4O5S2/c1-39(2,3)26-14-16-30-31(22-40)38(50-34(30)20-26)43-35(44)23-49-29-13-9-12-27(21-29)41-37(46)32(42-36(45)24-10-7-6-8-11-24)19-25-18-28(47-4)15-17-33(25)48-5/h6-13,15,17-19,21,26H,14,16,20,23H2,1-5H3,(H,41,46)(H,42,45)(H,43,44)/b32-19+. The molecule has 0 bridgehead atoms. The van der Waals surface area contributed by atoms with Gasteiger partial charge in [0.2, 0.25) is 5.91 Å². The van der Waals surface area contributed by atoms with Gasteiger partial charge in [-0.05, 0) is 90.8 Å². The number of ether oxygens (including phenoxy) is 2. The topological polar surface area (TPSA) is 130 Å². The van der Waals surface area contributed by atoms with E-state index in [-0.39, 0.29) is 22.8 Å². The lowest BCUT2D eigenvalue weighted by Gasteiger charge is -2.33. The molecule has 11 heteroatoms. The van der Waals surface area contributed by atoms with E-state index < -0.39 is 11.8 Å². The van der Waals surface area contributed by atoms with Crippen molar-refractivity contribution in [1.82, 2.24) is 5.32 Å². The maximum absolute atomic E-state index is 13.7. The largest absolute Gasteiger partial charge is 0.497 e. The number of benzene rings is 3. The Labute approximate surface area is 301 Å². The lowest BCUT2D eigenvalue weighted by Crippen LogP contribution is -2.30. The molecule has 3 aromatic carbocycles. The van der Waals surface area contributed by atoms with Gasteiger partial charge in [-0.1, -0.05) is 45.0 Å². The molecule has 3 amide bonds. The quantitative estimate of drug-likeness (QED) is 0.107. The summed E-state index contributed by atoms with van der Waals surface area (Å²) < 4.78 is 10.8. The monoisotopic (exact) mass is 708 g/mol. The van der Waals surface area contributed by atoms with Gasteiger partial charge >= 0.3 is 0 Å². The highest BCUT2D eigenvalue weighted by Crippen LogP contribution is 2.44. The molecule has 0 fully saturated rings. The first-order valence-corrected chi connectivity index (χ1v) is 18.0.